The summed E-state index contributed by atoms with van der Waals surface area (Å²) in [7, 11) is 0. The summed E-state index contributed by atoms with van der Waals surface area (Å²) in [6.07, 6.45) is -0.861. The molecule has 4 heteroatoms. The van der Waals surface area contributed by atoms with Gasteiger partial charge in [-0.1, -0.05) is 18.2 Å². The van der Waals surface area contributed by atoms with E-state index in [-0.39, 0.29) is 19.8 Å². The van der Waals surface area contributed by atoms with Gasteiger partial charge in [0.05, 0.1) is 19.3 Å². The Morgan fingerprint density at radius 2 is 1.67 bits per heavy atom. The van der Waals surface area contributed by atoms with Crippen LogP contribution in [0.3, 0.4) is 0 Å². The van der Waals surface area contributed by atoms with Crippen LogP contribution in [0, 0.1) is 5.92 Å². The lowest BCUT2D eigenvalue weighted by atomic mass is 10.1. The minimum Gasteiger partial charge on any atom is -0.491 e. The number of aliphatic hydroxyl groups excluding tert-OH is 3. The Bertz CT molecular complexity index is 259. The van der Waals surface area contributed by atoms with Gasteiger partial charge in [0.25, 0.3) is 0 Å². The van der Waals surface area contributed by atoms with Gasteiger partial charge in [-0.25, -0.2) is 0 Å². The van der Waals surface area contributed by atoms with Crippen molar-refractivity contribution in [3.05, 3.63) is 30.3 Å². The summed E-state index contributed by atoms with van der Waals surface area (Å²) in [6, 6.07) is 9.08. The van der Waals surface area contributed by atoms with Crippen LogP contribution < -0.4 is 4.74 Å². The van der Waals surface area contributed by atoms with E-state index in [1.807, 2.05) is 18.2 Å². The Kier molecular flexibility index (Phi) is 5.10. The Hall–Kier alpha value is -1.10. The summed E-state index contributed by atoms with van der Waals surface area (Å²) < 4.78 is 5.28. The highest BCUT2D eigenvalue weighted by Gasteiger charge is 2.17. The molecule has 1 rings (SSSR count). The molecule has 1 aromatic rings. The van der Waals surface area contributed by atoms with Crippen LogP contribution in [0.1, 0.15) is 0 Å². The smallest absolute Gasteiger partial charge is 0.119 e. The van der Waals surface area contributed by atoms with Gasteiger partial charge in [0.2, 0.25) is 0 Å². The summed E-state index contributed by atoms with van der Waals surface area (Å²) in [5.41, 5.74) is 0. The predicted octanol–water partition coefficient (Wildman–Crippen LogP) is 0.0271. The molecule has 0 radical (unpaired) electrons. The van der Waals surface area contributed by atoms with E-state index >= 15 is 0 Å². The van der Waals surface area contributed by atoms with Crippen molar-refractivity contribution < 1.29 is 20.1 Å². The lowest BCUT2D eigenvalue weighted by Crippen LogP contribution is -2.32. The van der Waals surface area contributed by atoms with Gasteiger partial charge in [0, 0.05) is 5.92 Å². The van der Waals surface area contributed by atoms with Crippen molar-refractivity contribution in [2.45, 2.75) is 6.10 Å². The first-order valence-electron chi connectivity index (χ1n) is 4.85. The fourth-order valence-corrected chi connectivity index (χ4v) is 1.14. The molecule has 1 unspecified atom stereocenters. The molecule has 0 fully saturated rings. The zero-order chi connectivity index (χ0) is 11.1. The molecule has 0 saturated carbocycles. The van der Waals surface area contributed by atoms with Gasteiger partial charge >= 0.3 is 0 Å². The first-order valence-corrected chi connectivity index (χ1v) is 4.85. The average Bonchev–Trinajstić information content (AvgIpc) is 2.29. The van der Waals surface area contributed by atoms with Crippen molar-refractivity contribution in [2.24, 2.45) is 5.92 Å². The minimum absolute atomic E-state index is 0.0653. The zero-order valence-corrected chi connectivity index (χ0v) is 8.41. The highest BCUT2D eigenvalue weighted by Crippen LogP contribution is 2.10. The number of aliphatic hydroxyl groups is 3. The van der Waals surface area contributed by atoms with E-state index in [1.165, 1.54) is 0 Å². The summed E-state index contributed by atoms with van der Waals surface area (Å²) in [4.78, 5) is 0. The second-order valence-electron chi connectivity index (χ2n) is 3.32. The fraction of sp³-hybridized carbons (Fsp3) is 0.455. The molecule has 1 atom stereocenters. The van der Waals surface area contributed by atoms with Crippen molar-refractivity contribution in [1.29, 1.82) is 0 Å². The lowest BCUT2D eigenvalue weighted by Gasteiger charge is -2.18. The van der Waals surface area contributed by atoms with Crippen LogP contribution in [0.5, 0.6) is 5.75 Å². The normalized spacial score (nSPS) is 12.8. The molecule has 0 heterocycles. The first-order chi connectivity index (χ1) is 7.27. The second-order valence-corrected chi connectivity index (χ2v) is 3.32. The van der Waals surface area contributed by atoms with Gasteiger partial charge in [-0.15, -0.1) is 0 Å². The van der Waals surface area contributed by atoms with E-state index in [2.05, 4.69) is 0 Å². The van der Waals surface area contributed by atoms with Gasteiger partial charge in [0.15, 0.2) is 0 Å². The molecule has 0 aliphatic heterocycles. The molecule has 15 heavy (non-hydrogen) atoms. The third kappa shape index (κ3) is 3.87. The van der Waals surface area contributed by atoms with Crippen molar-refractivity contribution in [2.75, 3.05) is 19.8 Å². The van der Waals surface area contributed by atoms with Crippen LogP contribution >= 0.6 is 0 Å². The summed E-state index contributed by atoms with van der Waals surface area (Å²) in [5, 5.41) is 27.2. The third-order valence-corrected chi connectivity index (χ3v) is 2.18. The van der Waals surface area contributed by atoms with Gasteiger partial charge in [-0.05, 0) is 12.1 Å². The van der Waals surface area contributed by atoms with E-state index in [1.54, 1.807) is 12.1 Å². The van der Waals surface area contributed by atoms with Gasteiger partial charge in [-0.2, -0.15) is 0 Å². The maximum absolute atomic E-state index is 9.53. The quantitative estimate of drug-likeness (QED) is 0.622. The van der Waals surface area contributed by atoms with Crippen molar-refractivity contribution in [3.63, 3.8) is 0 Å². The van der Waals surface area contributed by atoms with Crippen molar-refractivity contribution >= 4 is 0 Å². The molecule has 4 nitrogen and oxygen atoms in total. The molecule has 0 aromatic heterocycles. The highest BCUT2D eigenvalue weighted by atomic mass is 16.5. The third-order valence-electron chi connectivity index (χ3n) is 2.18. The van der Waals surface area contributed by atoms with E-state index in [0.29, 0.717) is 5.75 Å². The van der Waals surface area contributed by atoms with Crippen LogP contribution in [0.2, 0.25) is 0 Å². The van der Waals surface area contributed by atoms with Gasteiger partial charge in [0.1, 0.15) is 12.4 Å². The van der Waals surface area contributed by atoms with Crippen LogP contribution in [0.4, 0.5) is 0 Å². The van der Waals surface area contributed by atoms with Crippen LogP contribution in [0.25, 0.3) is 0 Å². The summed E-state index contributed by atoms with van der Waals surface area (Å²) >= 11 is 0. The summed E-state index contributed by atoms with van der Waals surface area (Å²) in [5.74, 6) is 0.111. The molecule has 84 valence electrons. The van der Waals surface area contributed by atoms with Crippen molar-refractivity contribution in [3.8, 4) is 5.75 Å². The van der Waals surface area contributed by atoms with Crippen LogP contribution in [-0.2, 0) is 0 Å². The predicted molar refractivity (Wildman–Crippen MR) is 55.6 cm³/mol. The zero-order valence-electron chi connectivity index (χ0n) is 8.41. The van der Waals surface area contributed by atoms with Crippen LogP contribution in [-0.4, -0.2) is 41.2 Å². The number of para-hydroxylation sites is 1. The molecule has 0 aliphatic carbocycles. The largest absolute Gasteiger partial charge is 0.491 e. The number of benzene rings is 1. The standard InChI is InChI=1S/C11H16O4/c12-6-9(7-13)11(14)8-15-10-4-2-1-3-5-10/h1-5,9,11-14H,6-8H2. The van der Waals surface area contributed by atoms with E-state index in [0.717, 1.165) is 0 Å². The number of hydrogen-bond donors (Lipinski definition) is 3. The fourth-order valence-electron chi connectivity index (χ4n) is 1.14. The van der Waals surface area contributed by atoms with Crippen LogP contribution in [0.15, 0.2) is 30.3 Å². The molecule has 3 N–H and O–H groups in total. The van der Waals surface area contributed by atoms with Gasteiger partial charge < -0.3 is 20.1 Å². The molecule has 0 aliphatic rings. The SMILES string of the molecule is OCC(CO)C(O)COc1ccccc1. The Labute approximate surface area is 88.8 Å². The van der Waals surface area contributed by atoms with E-state index < -0.39 is 12.0 Å². The second kappa shape index (κ2) is 6.40. The van der Waals surface area contributed by atoms with E-state index in [9.17, 15) is 5.11 Å². The van der Waals surface area contributed by atoms with E-state index in [4.69, 9.17) is 14.9 Å². The molecule has 0 amide bonds. The molecule has 0 spiro atoms. The monoisotopic (exact) mass is 212 g/mol. The first kappa shape index (κ1) is 12.0. The van der Waals surface area contributed by atoms with Gasteiger partial charge in [-0.3, -0.25) is 0 Å². The van der Waals surface area contributed by atoms with Crippen molar-refractivity contribution in [1.82, 2.24) is 0 Å². The Balaban J connectivity index is 2.36. The molecular weight excluding hydrogens is 196 g/mol. The average molecular weight is 212 g/mol. The number of hydrogen-bond acceptors (Lipinski definition) is 4. The molecule has 0 saturated heterocycles. The number of rotatable bonds is 6. The summed E-state index contributed by atoms with van der Waals surface area (Å²) in [6.45, 7) is -0.443. The molecule has 1 aromatic carbocycles. The highest BCUT2D eigenvalue weighted by molar-refractivity contribution is 5.20. The number of ether oxygens (including phenoxy) is 1. The molecule has 0 bridgehead atoms. The Morgan fingerprint density at radius 3 is 2.20 bits per heavy atom. The topological polar surface area (TPSA) is 69.9 Å². The Morgan fingerprint density at radius 1 is 1.07 bits per heavy atom. The lowest BCUT2D eigenvalue weighted by molar-refractivity contribution is 0.00475. The molecular formula is C11H16O4. The maximum Gasteiger partial charge on any atom is 0.119 e. The maximum atomic E-state index is 9.53. The minimum atomic E-state index is -0.861.